The summed E-state index contributed by atoms with van der Waals surface area (Å²) in [4.78, 5) is 12.5. The first-order valence-corrected chi connectivity index (χ1v) is 23.8. The fourth-order valence-electron chi connectivity index (χ4n) is 9.71. The summed E-state index contributed by atoms with van der Waals surface area (Å²) in [6.07, 6.45) is -32.9. The first kappa shape index (κ1) is 60.4. The Bertz CT molecular complexity index is 1640. The third-order valence-electron chi connectivity index (χ3n) is 14.1. The zero-order chi connectivity index (χ0) is 53.1. The Morgan fingerprint density at radius 1 is 0.493 bits per heavy atom. The Labute approximate surface area is 408 Å². The molecular formula is C41H80N8O22. The van der Waals surface area contributed by atoms with Gasteiger partial charge in [-0.15, -0.1) is 0 Å². The van der Waals surface area contributed by atoms with Gasteiger partial charge in [0.05, 0.1) is 36.5 Å². The molecule has 10 unspecified atom stereocenters. The highest BCUT2D eigenvalue weighted by atomic mass is 16.8. The lowest BCUT2D eigenvalue weighted by atomic mass is 9.76. The molecule has 71 heavy (non-hydrogen) atoms. The molecule has 6 rings (SSSR count). The van der Waals surface area contributed by atoms with E-state index in [4.69, 9.17) is 83.8 Å². The van der Waals surface area contributed by atoms with Crippen LogP contribution in [0.3, 0.4) is 0 Å². The minimum absolute atomic E-state index is 0.0296. The van der Waals surface area contributed by atoms with E-state index in [1.54, 1.807) is 0 Å². The Balaban J connectivity index is 0.000000269. The summed E-state index contributed by atoms with van der Waals surface area (Å²) >= 11 is 0. The molecule has 30 nitrogen and oxygen atoms in total. The molecule has 4 heterocycles. The molecule has 30 heteroatoms. The molecule has 6 fully saturated rings. The topological polar surface area (TPSA) is 562 Å². The molecule has 4 saturated heterocycles. The monoisotopic (exact) mass is 1040 g/mol. The number of aliphatic hydroxyl groups is 13. The first-order chi connectivity index (χ1) is 33.3. The van der Waals surface area contributed by atoms with E-state index in [9.17, 15) is 71.2 Å². The van der Waals surface area contributed by atoms with Crippen molar-refractivity contribution in [3.63, 3.8) is 0 Å². The van der Waals surface area contributed by atoms with E-state index in [2.05, 4.69) is 0 Å². The predicted octanol–water partition coefficient (Wildman–Crippen LogP) is -12.6. The Hall–Kier alpha value is -1.49. The van der Waals surface area contributed by atoms with Crippen molar-refractivity contribution >= 4 is 5.78 Å². The molecule has 2 aliphatic carbocycles. The molecule has 0 aromatic rings. The van der Waals surface area contributed by atoms with E-state index >= 15 is 0 Å². The van der Waals surface area contributed by atoms with Crippen LogP contribution in [0.4, 0.5) is 0 Å². The number of carbonyl (C=O) groups excluding carboxylic acids is 1. The fraction of sp³-hybridized carbons (Fsp3) is 0.976. The van der Waals surface area contributed by atoms with E-state index < -0.39 is 195 Å². The summed E-state index contributed by atoms with van der Waals surface area (Å²) < 4.78 is 45.7. The smallest absolute Gasteiger partial charge is 0.187 e. The standard InChI is InChI=1S/C23H44N4O12.C18H36N4O10/c1-7(28)19-17(34)16(33)13(27)22(37-19)38-20-9(26)4-8(5-11(30)10(29)2-3-24)14(31)21(20)39-23-18(35)15(32)12(6-25)36-23;1-4(23)14-12(27)11(26)8(22)17(30-14)31-15-6(21)2-5(20)9(24)16(15)32-18-13(28)10(25)7(3-19)29-18/h7-10,12-23,28-29,31-35H,2-6,24-27H2,1H3;4-18,23-28H,2-3,19-22H2,1H3/t7-,8+,9?,10+,12-,13?,14?,15+,16-,17+,18?,19?,20-,21-,22-,23+;4-,5-,6?,7-,8?,9?,10+,11-,12+,13?,14?,15-,16-,17-,18+/m11/s1. The maximum atomic E-state index is 12.5. The average molecular weight is 1040 g/mol. The summed E-state index contributed by atoms with van der Waals surface area (Å²) in [5.41, 5.74) is 47.1. The van der Waals surface area contributed by atoms with Gasteiger partial charge in [-0.1, -0.05) is 0 Å². The van der Waals surface area contributed by atoms with Crippen molar-refractivity contribution in [2.75, 3.05) is 19.6 Å². The van der Waals surface area contributed by atoms with Crippen LogP contribution in [0.25, 0.3) is 0 Å². The van der Waals surface area contributed by atoms with Crippen molar-refractivity contribution in [3.05, 3.63) is 0 Å². The molecular weight excluding hydrogens is 956 g/mol. The van der Waals surface area contributed by atoms with Crippen LogP contribution in [0.1, 0.15) is 39.5 Å². The van der Waals surface area contributed by atoms with E-state index in [1.165, 1.54) is 13.8 Å². The van der Waals surface area contributed by atoms with Crippen LogP contribution in [-0.2, 0) is 42.7 Å². The Kier molecular flexibility index (Phi) is 22.1. The van der Waals surface area contributed by atoms with Gasteiger partial charge < -0.3 is 150 Å². The molecule has 0 aromatic heterocycles. The second-order valence-electron chi connectivity index (χ2n) is 19.4. The molecule has 31 atom stereocenters. The molecule has 0 spiro atoms. The maximum absolute atomic E-state index is 12.5. The number of rotatable bonds is 17. The average Bonchev–Trinajstić information content (AvgIpc) is 3.76. The second-order valence-corrected chi connectivity index (χ2v) is 19.4. The van der Waals surface area contributed by atoms with E-state index in [0.717, 1.165) is 0 Å². The fourth-order valence-corrected chi connectivity index (χ4v) is 9.71. The second kappa shape index (κ2) is 26.0. The molecule has 0 radical (unpaired) electrons. The highest BCUT2D eigenvalue weighted by Gasteiger charge is 2.55. The SMILES string of the molecule is C[C@@H](O)C1O[C@H](O[C@@H]2C(N)C[C@@H](CC(=O)[C@@H](O)CCN)C(O)[C@H]2O[C@@H]2O[C@H](CN)[C@H](O)C2O)C(N)[C@@H](O)[C@@H]1O.C[C@@H](O)C1O[C@H](O[C@@H]2C(N)C[C@@H](N)C(O)[C@H]2O[C@@H]2O[C@H](CN)[C@H](O)C2O)C(N)[C@@H](O)[C@@H]1O. The molecule has 0 aromatic carbocycles. The van der Waals surface area contributed by atoms with Crippen LogP contribution < -0.4 is 45.9 Å². The van der Waals surface area contributed by atoms with Gasteiger partial charge in [-0.2, -0.15) is 0 Å². The minimum atomic E-state index is -1.54. The van der Waals surface area contributed by atoms with Gasteiger partial charge in [0.2, 0.25) is 0 Å². The lowest BCUT2D eigenvalue weighted by Crippen LogP contribution is -2.68. The number of carbonyl (C=O) groups is 1. The third-order valence-corrected chi connectivity index (χ3v) is 14.1. The number of ether oxygens (including phenoxy) is 8. The van der Waals surface area contributed by atoms with Crippen molar-refractivity contribution in [2.45, 2.75) is 223 Å². The number of ketones is 1. The number of nitrogens with two attached hydrogens (primary N) is 8. The van der Waals surface area contributed by atoms with Crippen LogP contribution in [0, 0.1) is 5.92 Å². The normalized spacial score (nSPS) is 49.7. The molecule has 416 valence electrons. The van der Waals surface area contributed by atoms with Gasteiger partial charge in [0.1, 0.15) is 104 Å². The van der Waals surface area contributed by atoms with Gasteiger partial charge in [-0.3, -0.25) is 4.79 Å². The Morgan fingerprint density at radius 3 is 1.27 bits per heavy atom. The van der Waals surface area contributed by atoms with Crippen molar-refractivity contribution < 1.29 is 109 Å². The highest BCUT2D eigenvalue weighted by molar-refractivity contribution is 5.83. The van der Waals surface area contributed by atoms with Crippen molar-refractivity contribution in [3.8, 4) is 0 Å². The molecule has 6 aliphatic rings. The first-order valence-electron chi connectivity index (χ1n) is 23.8. The molecule has 0 bridgehead atoms. The molecule has 2 saturated carbocycles. The van der Waals surface area contributed by atoms with Gasteiger partial charge in [-0.25, -0.2) is 0 Å². The van der Waals surface area contributed by atoms with Crippen LogP contribution in [0.2, 0.25) is 0 Å². The van der Waals surface area contributed by atoms with Crippen LogP contribution in [0.5, 0.6) is 0 Å². The minimum Gasteiger partial charge on any atom is -0.391 e. The number of aliphatic hydroxyl groups excluding tert-OH is 13. The van der Waals surface area contributed by atoms with Gasteiger partial charge >= 0.3 is 0 Å². The molecule has 4 aliphatic heterocycles. The summed E-state index contributed by atoms with van der Waals surface area (Å²) in [5.74, 6) is -1.36. The van der Waals surface area contributed by atoms with Crippen molar-refractivity contribution in [1.82, 2.24) is 0 Å². The van der Waals surface area contributed by atoms with Crippen LogP contribution in [-0.4, -0.2) is 275 Å². The largest absolute Gasteiger partial charge is 0.391 e. The van der Waals surface area contributed by atoms with Gasteiger partial charge in [0.25, 0.3) is 0 Å². The highest BCUT2D eigenvalue weighted by Crippen LogP contribution is 2.37. The molecule has 29 N–H and O–H groups in total. The zero-order valence-electron chi connectivity index (χ0n) is 39.5. The number of Topliss-reactive ketones (excluding diaryl/α,β-unsaturated/α-hetero) is 1. The molecule has 0 amide bonds. The summed E-state index contributed by atoms with van der Waals surface area (Å²) in [6.45, 7) is 2.59. The lowest BCUT2D eigenvalue weighted by molar-refractivity contribution is -0.317. The van der Waals surface area contributed by atoms with E-state index in [-0.39, 0.29) is 45.3 Å². The maximum Gasteiger partial charge on any atom is 0.187 e. The van der Waals surface area contributed by atoms with Crippen molar-refractivity contribution in [2.24, 2.45) is 51.8 Å². The van der Waals surface area contributed by atoms with E-state index in [1.807, 2.05) is 0 Å². The van der Waals surface area contributed by atoms with Crippen LogP contribution in [0.15, 0.2) is 0 Å². The van der Waals surface area contributed by atoms with E-state index in [0.29, 0.717) is 0 Å². The number of hydrogen-bond donors (Lipinski definition) is 21. The quantitative estimate of drug-likeness (QED) is 0.0643. The Morgan fingerprint density at radius 2 is 0.887 bits per heavy atom. The summed E-state index contributed by atoms with van der Waals surface area (Å²) in [5, 5.41) is 134. The zero-order valence-corrected chi connectivity index (χ0v) is 39.5. The lowest BCUT2D eigenvalue weighted by Gasteiger charge is -2.48. The van der Waals surface area contributed by atoms with Crippen molar-refractivity contribution in [1.29, 1.82) is 0 Å². The van der Waals surface area contributed by atoms with Gasteiger partial charge in [-0.05, 0) is 45.6 Å². The summed E-state index contributed by atoms with van der Waals surface area (Å²) in [7, 11) is 0. The van der Waals surface area contributed by atoms with Gasteiger partial charge in [0.15, 0.2) is 30.9 Å². The van der Waals surface area contributed by atoms with Gasteiger partial charge in [0, 0.05) is 37.6 Å². The predicted molar refractivity (Wildman–Crippen MR) is 238 cm³/mol. The third kappa shape index (κ3) is 13.6. The van der Waals surface area contributed by atoms with Crippen LogP contribution >= 0.6 is 0 Å². The number of hydrogen-bond acceptors (Lipinski definition) is 30. The summed E-state index contributed by atoms with van der Waals surface area (Å²) in [6, 6.07) is -5.00.